The smallest absolute Gasteiger partial charge is 0.343 e. The molecule has 5 rings (SSSR count). The van der Waals surface area contributed by atoms with Crippen molar-refractivity contribution >= 4 is 38.3 Å². The monoisotopic (exact) mass is 507 g/mol. The number of rotatable bonds is 6. The van der Waals surface area contributed by atoms with E-state index in [0.717, 1.165) is 15.9 Å². The van der Waals surface area contributed by atoms with Gasteiger partial charge in [-0.1, -0.05) is 11.3 Å². The summed E-state index contributed by atoms with van der Waals surface area (Å²) in [5.74, 6) is 0.927. The number of methoxy groups -OCH3 is 3. The fourth-order valence-corrected chi connectivity index (χ4v) is 4.84. The Hall–Kier alpha value is -4.78. The molecule has 0 saturated heterocycles. The average Bonchev–Trinajstić information content (AvgIpc) is 3.30. The van der Waals surface area contributed by atoms with Gasteiger partial charge in [-0.15, -0.1) is 0 Å². The Morgan fingerprint density at radius 2 is 1.69 bits per heavy atom. The van der Waals surface area contributed by atoms with Crippen LogP contribution in [-0.4, -0.2) is 45.4 Å². The van der Waals surface area contributed by atoms with Gasteiger partial charge in [0.25, 0.3) is 11.2 Å². The maximum atomic E-state index is 13.8. The number of nitro groups is 1. The molecule has 0 aliphatic heterocycles. The van der Waals surface area contributed by atoms with Gasteiger partial charge in [0.15, 0.2) is 17.1 Å². The standard InChI is InChI=1S/C23H17N5O7S/c1-33-16-9-13(10-17(34-2)19(16)35-3)26-20-14(5-4-8-24-20)21(29)27(23(26)30)22-25-15-7-6-12(28(31)32)11-18(15)36-22/h4-11H,1-3H3. The van der Waals surface area contributed by atoms with E-state index >= 15 is 0 Å². The predicted octanol–water partition coefficient (Wildman–Crippen LogP) is 3.08. The number of nitro benzene ring substituents is 1. The van der Waals surface area contributed by atoms with Crippen molar-refractivity contribution in [1.82, 2.24) is 19.1 Å². The summed E-state index contributed by atoms with van der Waals surface area (Å²) < 4.78 is 18.8. The van der Waals surface area contributed by atoms with Crippen molar-refractivity contribution in [2.24, 2.45) is 0 Å². The summed E-state index contributed by atoms with van der Waals surface area (Å²) in [6, 6.07) is 10.4. The molecule has 0 amide bonds. The molecular weight excluding hydrogens is 490 g/mol. The van der Waals surface area contributed by atoms with Gasteiger partial charge in [-0.25, -0.2) is 23.9 Å². The van der Waals surface area contributed by atoms with Gasteiger partial charge in [0.1, 0.15) is 0 Å². The Bertz CT molecular complexity index is 1770. The zero-order chi connectivity index (χ0) is 25.6. The van der Waals surface area contributed by atoms with Crippen molar-refractivity contribution in [1.29, 1.82) is 0 Å². The number of hydrogen-bond acceptors (Lipinski definition) is 10. The highest BCUT2D eigenvalue weighted by Gasteiger charge is 2.22. The first-order chi connectivity index (χ1) is 17.4. The molecule has 0 N–H and O–H groups in total. The summed E-state index contributed by atoms with van der Waals surface area (Å²) in [5.41, 5.74) is -0.645. The number of fused-ring (bicyclic) bond motifs is 2. The molecule has 0 spiro atoms. The Morgan fingerprint density at radius 3 is 2.33 bits per heavy atom. The summed E-state index contributed by atoms with van der Waals surface area (Å²) in [7, 11) is 4.35. The van der Waals surface area contributed by atoms with Crippen molar-refractivity contribution in [2.45, 2.75) is 0 Å². The molecule has 0 unspecified atom stereocenters. The minimum absolute atomic E-state index is 0.0624. The molecule has 0 aliphatic rings. The molecule has 0 radical (unpaired) electrons. The van der Waals surface area contributed by atoms with Gasteiger partial charge in [0.2, 0.25) is 10.9 Å². The highest BCUT2D eigenvalue weighted by molar-refractivity contribution is 7.20. The number of pyridine rings is 1. The number of non-ortho nitro benzene ring substituents is 1. The first-order valence-corrected chi connectivity index (χ1v) is 11.2. The second-order valence-corrected chi connectivity index (χ2v) is 8.43. The van der Waals surface area contributed by atoms with Crippen molar-refractivity contribution in [3.8, 4) is 28.1 Å². The van der Waals surface area contributed by atoms with E-state index in [2.05, 4.69) is 9.97 Å². The van der Waals surface area contributed by atoms with Gasteiger partial charge in [0.05, 0.1) is 47.5 Å². The maximum absolute atomic E-state index is 13.8. The lowest BCUT2D eigenvalue weighted by Gasteiger charge is -2.16. The summed E-state index contributed by atoms with van der Waals surface area (Å²) >= 11 is 0.988. The van der Waals surface area contributed by atoms with Gasteiger partial charge in [-0.2, -0.15) is 0 Å². The molecule has 0 aliphatic carbocycles. The molecule has 12 nitrogen and oxygen atoms in total. The molecular formula is C23H17N5O7S. The van der Waals surface area contributed by atoms with Crippen LogP contribution in [0.4, 0.5) is 5.69 Å². The van der Waals surface area contributed by atoms with Crippen LogP contribution in [0.3, 0.4) is 0 Å². The van der Waals surface area contributed by atoms with Crippen LogP contribution in [-0.2, 0) is 0 Å². The quantitative estimate of drug-likeness (QED) is 0.250. The highest BCUT2D eigenvalue weighted by Crippen LogP contribution is 2.39. The van der Waals surface area contributed by atoms with Crippen molar-refractivity contribution < 1.29 is 19.1 Å². The lowest BCUT2D eigenvalue weighted by molar-refractivity contribution is -0.384. The van der Waals surface area contributed by atoms with Crippen LogP contribution in [0, 0.1) is 10.1 Å². The fraction of sp³-hybridized carbons (Fsp3) is 0.130. The summed E-state index contributed by atoms with van der Waals surface area (Å²) in [6.07, 6.45) is 1.47. The van der Waals surface area contributed by atoms with Gasteiger partial charge in [-0.05, 0) is 18.2 Å². The van der Waals surface area contributed by atoms with Crippen molar-refractivity contribution in [3.05, 3.63) is 79.6 Å². The van der Waals surface area contributed by atoms with Crippen LogP contribution in [0.2, 0.25) is 0 Å². The van der Waals surface area contributed by atoms with E-state index < -0.39 is 16.2 Å². The minimum atomic E-state index is -0.742. The van der Waals surface area contributed by atoms with Crippen LogP contribution in [0.25, 0.3) is 32.1 Å². The van der Waals surface area contributed by atoms with Crippen molar-refractivity contribution in [2.75, 3.05) is 21.3 Å². The van der Waals surface area contributed by atoms with E-state index in [4.69, 9.17) is 14.2 Å². The molecule has 5 aromatic rings. The Labute approximate surface area is 205 Å². The van der Waals surface area contributed by atoms with Crippen LogP contribution in [0.1, 0.15) is 0 Å². The van der Waals surface area contributed by atoms with Crippen LogP contribution < -0.4 is 25.5 Å². The normalized spacial score (nSPS) is 11.1. The molecule has 13 heteroatoms. The van der Waals surface area contributed by atoms with Crippen LogP contribution >= 0.6 is 11.3 Å². The molecule has 2 aromatic carbocycles. The minimum Gasteiger partial charge on any atom is -0.493 e. The molecule has 0 bridgehead atoms. The Morgan fingerprint density at radius 1 is 0.972 bits per heavy atom. The summed E-state index contributed by atoms with van der Waals surface area (Å²) in [5, 5.41) is 11.4. The number of aromatic nitrogens is 4. The Kier molecular flexibility index (Phi) is 5.60. The highest BCUT2D eigenvalue weighted by atomic mass is 32.1. The maximum Gasteiger partial charge on any atom is 0.343 e. The predicted molar refractivity (Wildman–Crippen MR) is 132 cm³/mol. The van der Waals surface area contributed by atoms with Crippen molar-refractivity contribution in [3.63, 3.8) is 0 Å². The third-order valence-corrected chi connectivity index (χ3v) is 6.49. The molecule has 182 valence electrons. The summed E-state index contributed by atoms with van der Waals surface area (Å²) in [4.78, 5) is 46.6. The third kappa shape index (κ3) is 3.53. The first kappa shape index (κ1) is 23.0. The average molecular weight is 507 g/mol. The van der Waals surface area contributed by atoms with Gasteiger partial charge in [-0.3, -0.25) is 14.9 Å². The number of benzene rings is 2. The van der Waals surface area contributed by atoms with E-state index in [9.17, 15) is 19.7 Å². The first-order valence-electron chi connectivity index (χ1n) is 10.4. The van der Waals surface area contributed by atoms with Crippen LogP contribution in [0.5, 0.6) is 17.2 Å². The lowest BCUT2D eigenvalue weighted by atomic mass is 10.2. The topological polar surface area (TPSA) is 141 Å². The van der Waals surface area contributed by atoms with E-state index in [1.807, 2.05) is 0 Å². The number of nitrogens with zero attached hydrogens (tertiary/aromatic N) is 5. The number of hydrogen-bond donors (Lipinski definition) is 0. The number of thiazole rings is 1. The van der Waals surface area contributed by atoms with Gasteiger partial charge >= 0.3 is 5.69 Å². The molecule has 0 fully saturated rings. The second kappa shape index (κ2) is 8.78. The van der Waals surface area contributed by atoms with E-state index in [0.29, 0.717) is 33.2 Å². The summed E-state index contributed by atoms with van der Waals surface area (Å²) in [6.45, 7) is 0. The lowest BCUT2D eigenvalue weighted by Crippen LogP contribution is -2.38. The van der Waals surface area contributed by atoms with E-state index in [1.54, 1.807) is 24.3 Å². The van der Waals surface area contributed by atoms with Gasteiger partial charge < -0.3 is 14.2 Å². The van der Waals surface area contributed by atoms with Gasteiger partial charge in [0, 0.05) is 30.5 Å². The SMILES string of the molecule is COc1cc(-n2c(=O)n(-c3nc4ccc([N+](=O)[O-])cc4s3)c(=O)c3cccnc32)cc(OC)c1OC. The molecule has 3 heterocycles. The van der Waals surface area contributed by atoms with Crippen LogP contribution in [0.15, 0.2) is 58.3 Å². The van der Waals surface area contributed by atoms with E-state index in [-0.39, 0.29) is 21.9 Å². The number of ether oxygens (including phenoxy) is 3. The fourth-order valence-electron chi connectivity index (χ4n) is 3.85. The third-order valence-electron chi connectivity index (χ3n) is 5.49. The molecule has 3 aromatic heterocycles. The second-order valence-electron chi connectivity index (χ2n) is 7.42. The zero-order valence-corrected chi connectivity index (χ0v) is 19.9. The Balaban J connectivity index is 1.85. The molecule has 0 saturated carbocycles. The van der Waals surface area contributed by atoms with E-state index in [1.165, 1.54) is 50.3 Å². The molecule has 0 atom stereocenters. The largest absolute Gasteiger partial charge is 0.493 e. The zero-order valence-electron chi connectivity index (χ0n) is 19.1. The molecule has 36 heavy (non-hydrogen) atoms.